The van der Waals surface area contributed by atoms with Crippen molar-refractivity contribution in [1.29, 1.82) is 0 Å². The van der Waals surface area contributed by atoms with E-state index in [1.165, 1.54) is 12.1 Å². The maximum absolute atomic E-state index is 12.5. The van der Waals surface area contributed by atoms with Crippen LogP contribution in [-0.4, -0.2) is 32.8 Å². The monoisotopic (exact) mass is 296 g/mol. The molecular weight excluding hydrogens is 276 g/mol. The minimum absolute atomic E-state index is 0.0104. The lowest BCUT2D eigenvalue weighted by molar-refractivity contribution is 0.0787. The van der Waals surface area contributed by atoms with Crippen molar-refractivity contribution < 1.29 is 13.2 Å². The smallest absolute Gasteiger partial charge is 0.253 e. The Bertz CT molecular complexity index is 649. The van der Waals surface area contributed by atoms with Gasteiger partial charge in [-0.05, 0) is 55.9 Å². The second kappa shape index (κ2) is 5.18. The van der Waals surface area contributed by atoms with Crippen molar-refractivity contribution in [3.05, 3.63) is 28.8 Å². The van der Waals surface area contributed by atoms with Crippen molar-refractivity contribution >= 4 is 15.9 Å². The standard InChI is InChI=1S/C14H20N2O3S/c1-9-6-12(20(15,18)19)7-13(10(9)2)14(17)16(3)8-11-4-5-11/h6-7,11H,4-5,8H2,1-3H3,(H2,15,18,19). The molecule has 1 amide bonds. The Labute approximate surface area is 119 Å². The first-order chi connectivity index (χ1) is 9.20. The summed E-state index contributed by atoms with van der Waals surface area (Å²) in [6.07, 6.45) is 2.32. The highest BCUT2D eigenvalue weighted by Gasteiger charge is 2.26. The quantitative estimate of drug-likeness (QED) is 0.912. The number of primary sulfonamides is 1. The maximum atomic E-state index is 12.5. The van der Waals surface area contributed by atoms with Gasteiger partial charge < -0.3 is 4.90 Å². The molecule has 0 bridgehead atoms. The summed E-state index contributed by atoms with van der Waals surface area (Å²) in [6.45, 7) is 4.32. The number of rotatable bonds is 4. The van der Waals surface area contributed by atoms with Gasteiger partial charge in [-0.3, -0.25) is 4.79 Å². The van der Waals surface area contributed by atoms with Gasteiger partial charge in [-0.2, -0.15) is 0 Å². The molecule has 0 aromatic heterocycles. The Morgan fingerprint density at radius 3 is 2.45 bits per heavy atom. The Hall–Kier alpha value is -1.40. The minimum Gasteiger partial charge on any atom is -0.341 e. The molecule has 1 aliphatic rings. The average molecular weight is 296 g/mol. The number of sulfonamides is 1. The Morgan fingerprint density at radius 1 is 1.35 bits per heavy atom. The Morgan fingerprint density at radius 2 is 1.95 bits per heavy atom. The number of hydrogen-bond acceptors (Lipinski definition) is 3. The normalized spacial score (nSPS) is 15.2. The lowest BCUT2D eigenvalue weighted by Crippen LogP contribution is -2.29. The van der Waals surface area contributed by atoms with Gasteiger partial charge >= 0.3 is 0 Å². The second-order valence-corrected chi connectivity index (χ2v) is 7.15. The van der Waals surface area contributed by atoms with Gasteiger partial charge in [-0.1, -0.05) is 0 Å². The predicted octanol–water partition coefficient (Wildman–Crippen LogP) is 1.43. The number of nitrogens with zero attached hydrogens (tertiary/aromatic N) is 1. The first kappa shape index (κ1) is 15.0. The van der Waals surface area contributed by atoms with Crippen LogP contribution in [0.15, 0.2) is 17.0 Å². The molecule has 20 heavy (non-hydrogen) atoms. The second-order valence-electron chi connectivity index (χ2n) is 5.59. The lowest BCUT2D eigenvalue weighted by atomic mass is 10.0. The lowest BCUT2D eigenvalue weighted by Gasteiger charge is -2.19. The fourth-order valence-corrected chi connectivity index (χ4v) is 2.81. The van der Waals surface area contributed by atoms with E-state index in [4.69, 9.17) is 5.14 Å². The number of hydrogen-bond donors (Lipinski definition) is 1. The zero-order valence-electron chi connectivity index (χ0n) is 12.0. The summed E-state index contributed by atoms with van der Waals surface area (Å²) in [5.41, 5.74) is 1.96. The van der Waals surface area contributed by atoms with Gasteiger partial charge in [0.25, 0.3) is 5.91 Å². The van der Waals surface area contributed by atoms with Crippen LogP contribution < -0.4 is 5.14 Å². The van der Waals surface area contributed by atoms with Gasteiger partial charge in [0.05, 0.1) is 4.90 Å². The van der Waals surface area contributed by atoms with Crippen LogP contribution in [0.2, 0.25) is 0 Å². The van der Waals surface area contributed by atoms with Crippen molar-refractivity contribution in [3.8, 4) is 0 Å². The zero-order valence-corrected chi connectivity index (χ0v) is 12.8. The minimum atomic E-state index is -3.81. The fourth-order valence-electron chi connectivity index (χ4n) is 2.19. The molecule has 0 unspecified atom stereocenters. The van der Waals surface area contributed by atoms with Crippen LogP contribution in [0.4, 0.5) is 0 Å². The molecule has 1 fully saturated rings. The number of amides is 1. The highest BCUT2D eigenvalue weighted by Crippen LogP contribution is 2.30. The fraction of sp³-hybridized carbons (Fsp3) is 0.500. The Balaban J connectivity index is 2.38. The molecule has 0 aliphatic heterocycles. The van der Waals surface area contributed by atoms with E-state index in [9.17, 15) is 13.2 Å². The summed E-state index contributed by atoms with van der Waals surface area (Å²) in [5.74, 6) is 0.440. The van der Waals surface area contributed by atoms with E-state index >= 15 is 0 Å². The molecule has 1 aromatic carbocycles. The molecule has 2 rings (SSSR count). The van der Waals surface area contributed by atoms with Crippen LogP contribution in [0.3, 0.4) is 0 Å². The highest BCUT2D eigenvalue weighted by molar-refractivity contribution is 7.89. The molecule has 1 aliphatic carbocycles. The molecular formula is C14H20N2O3S. The van der Waals surface area contributed by atoms with E-state index < -0.39 is 10.0 Å². The van der Waals surface area contributed by atoms with Crippen molar-refractivity contribution in [2.75, 3.05) is 13.6 Å². The molecule has 1 saturated carbocycles. The SMILES string of the molecule is Cc1cc(S(N)(=O)=O)cc(C(=O)N(C)CC2CC2)c1C. The van der Waals surface area contributed by atoms with Gasteiger partial charge in [0.15, 0.2) is 0 Å². The molecule has 0 heterocycles. The molecule has 5 nitrogen and oxygen atoms in total. The molecule has 0 spiro atoms. The predicted molar refractivity (Wildman–Crippen MR) is 77.0 cm³/mol. The van der Waals surface area contributed by atoms with E-state index in [-0.39, 0.29) is 10.8 Å². The van der Waals surface area contributed by atoms with Crippen LogP contribution >= 0.6 is 0 Å². The van der Waals surface area contributed by atoms with Crippen molar-refractivity contribution in [3.63, 3.8) is 0 Å². The number of carbonyl (C=O) groups excluding carboxylic acids is 1. The summed E-state index contributed by atoms with van der Waals surface area (Å²) >= 11 is 0. The third-order valence-corrected chi connectivity index (χ3v) is 4.67. The molecule has 0 atom stereocenters. The van der Waals surface area contributed by atoms with E-state index in [0.717, 1.165) is 30.5 Å². The number of aryl methyl sites for hydroxylation is 1. The van der Waals surface area contributed by atoms with Crippen LogP contribution in [0, 0.1) is 19.8 Å². The third-order valence-electron chi connectivity index (χ3n) is 3.78. The molecule has 110 valence electrons. The first-order valence-electron chi connectivity index (χ1n) is 6.59. The van der Waals surface area contributed by atoms with Crippen molar-refractivity contribution in [2.45, 2.75) is 31.6 Å². The number of carbonyl (C=O) groups is 1. The van der Waals surface area contributed by atoms with Crippen LogP contribution in [-0.2, 0) is 10.0 Å². The molecule has 1 aromatic rings. The zero-order chi connectivity index (χ0) is 15.1. The van der Waals surface area contributed by atoms with Gasteiger partial charge in [-0.15, -0.1) is 0 Å². The molecule has 2 N–H and O–H groups in total. The molecule has 6 heteroatoms. The molecule has 0 saturated heterocycles. The molecule has 0 radical (unpaired) electrons. The number of benzene rings is 1. The topological polar surface area (TPSA) is 80.5 Å². The van der Waals surface area contributed by atoms with Crippen LogP contribution in [0.25, 0.3) is 0 Å². The van der Waals surface area contributed by atoms with Gasteiger partial charge in [0, 0.05) is 19.2 Å². The largest absolute Gasteiger partial charge is 0.341 e. The van der Waals surface area contributed by atoms with Crippen LogP contribution in [0.1, 0.15) is 34.3 Å². The van der Waals surface area contributed by atoms with Crippen LogP contribution in [0.5, 0.6) is 0 Å². The summed E-state index contributed by atoms with van der Waals surface area (Å²) < 4.78 is 23.0. The van der Waals surface area contributed by atoms with E-state index in [1.807, 2.05) is 6.92 Å². The van der Waals surface area contributed by atoms with Crippen molar-refractivity contribution in [1.82, 2.24) is 4.90 Å². The van der Waals surface area contributed by atoms with E-state index in [0.29, 0.717) is 11.5 Å². The summed E-state index contributed by atoms with van der Waals surface area (Å²) in [4.78, 5) is 14.1. The summed E-state index contributed by atoms with van der Waals surface area (Å²) in [5, 5.41) is 5.16. The summed E-state index contributed by atoms with van der Waals surface area (Å²) in [7, 11) is -2.06. The van der Waals surface area contributed by atoms with Gasteiger partial charge in [0.1, 0.15) is 0 Å². The highest BCUT2D eigenvalue weighted by atomic mass is 32.2. The van der Waals surface area contributed by atoms with Gasteiger partial charge in [0.2, 0.25) is 10.0 Å². The third kappa shape index (κ3) is 3.19. The Kier molecular flexibility index (Phi) is 3.88. The average Bonchev–Trinajstić information content (AvgIpc) is 3.14. The number of nitrogens with two attached hydrogens (primary N) is 1. The van der Waals surface area contributed by atoms with E-state index in [2.05, 4.69) is 0 Å². The summed E-state index contributed by atoms with van der Waals surface area (Å²) in [6, 6.07) is 2.88. The van der Waals surface area contributed by atoms with Crippen molar-refractivity contribution in [2.24, 2.45) is 11.1 Å². The van der Waals surface area contributed by atoms with E-state index in [1.54, 1.807) is 18.9 Å². The maximum Gasteiger partial charge on any atom is 0.253 e. The first-order valence-corrected chi connectivity index (χ1v) is 8.14. The van der Waals surface area contributed by atoms with Gasteiger partial charge in [-0.25, -0.2) is 13.6 Å².